The first-order valence-corrected chi connectivity index (χ1v) is 7.94. The van der Waals surface area contributed by atoms with Gasteiger partial charge in [0, 0.05) is 31.4 Å². The summed E-state index contributed by atoms with van der Waals surface area (Å²) in [6.45, 7) is 6.29. The molecule has 1 aromatic carbocycles. The second kappa shape index (κ2) is 7.14. The van der Waals surface area contributed by atoms with E-state index in [9.17, 15) is 0 Å². The topological polar surface area (TPSA) is 57.7 Å². The third-order valence-electron chi connectivity index (χ3n) is 3.35. The van der Waals surface area contributed by atoms with Crippen molar-refractivity contribution >= 4 is 17.4 Å². The highest BCUT2D eigenvalue weighted by atomic mass is 32.2. The van der Waals surface area contributed by atoms with Gasteiger partial charge in [-0.25, -0.2) is 0 Å². The van der Waals surface area contributed by atoms with Crippen molar-refractivity contribution in [1.29, 1.82) is 5.26 Å². The van der Waals surface area contributed by atoms with Crippen LogP contribution in [-0.4, -0.2) is 33.6 Å². The van der Waals surface area contributed by atoms with Crippen LogP contribution in [0.2, 0.25) is 0 Å². The van der Waals surface area contributed by atoms with Crippen molar-refractivity contribution in [3.8, 4) is 17.5 Å². The lowest BCUT2D eigenvalue weighted by Gasteiger charge is -2.21. The smallest absolute Gasteiger partial charge is 0.192 e. The second-order valence-corrected chi connectivity index (χ2v) is 5.47. The van der Waals surface area contributed by atoms with Gasteiger partial charge in [-0.15, -0.1) is 10.2 Å². The Morgan fingerprint density at radius 3 is 2.43 bits per heavy atom. The minimum Gasteiger partial charge on any atom is -0.372 e. The summed E-state index contributed by atoms with van der Waals surface area (Å²) in [4.78, 5) is 2.30. The van der Waals surface area contributed by atoms with Crippen LogP contribution in [-0.2, 0) is 7.05 Å². The zero-order valence-corrected chi connectivity index (χ0v) is 13.4. The molecule has 0 aliphatic rings. The van der Waals surface area contributed by atoms with Gasteiger partial charge in [0.25, 0.3) is 0 Å². The van der Waals surface area contributed by atoms with Crippen LogP contribution >= 0.6 is 11.8 Å². The van der Waals surface area contributed by atoms with Gasteiger partial charge < -0.3 is 9.47 Å². The lowest BCUT2D eigenvalue weighted by Crippen LogP contribution is -2.21. The number of hydrogen-bond donors (Lipinski definition) is 0. The molecule has 0 radical (unpaired) electrons. The lowest BCUT2D eigenvalue weighted by atomic mass is 10.2. The minimum atomic E-state index is 0.382. The predicted octanol–water partition coefficient (Wildman–Crippen LogP) is 2.94. The maximum atomic E-state index is 8.64. The van der Waals surface area contributed by atoms with E-state index < -0.39 is 0 Å². The molecular formula is C15H19N5S. The molecule has 0 saturated heterocycles. The van der Waals surface area contributed by atoms with Gasteiger partial charge in [0.1, 0.15) is 0 Å². The molecule has 0 fully saturated rings. The quantitative estimate of drug-likeness (QED) is 0.768. The van der Waals surface area contributed by atoms with E-state index in [1.54, 1.807) is 0 Å². The van der Waals surface area contributed by atoms with Gasteiger partial charge in [0.2, 0.25) is 0 Å². The molecule has 0 aliphatic carbocycles. The third kappa shape index (κ3) is 3.37. The van der Waals surface area contributed by atoms with E-state index in [1.165, 1.54) is 17.4 Å². The van der Waals surface area contributed by atoms with Crippen molar-refractivity contribution in [2.75, 3.05) is 23.7 Å². The van der Waals surface area contributed by atoms with Gasteiger partial charge in [-0.05, 0) is 38.1 Å². The summed E-state index contributed by atoms with van der Waals surface area (Å²) in [7, 11) is 1.92. The first-order chi connectivity index (χ1) is 10.2. The molecule has 0 aliphatic heterocycles. The molecule has 6 heteroatoms. The van der Waals surface area contributed by atoms with E-state index in [0.717, 1.165) is 29.6 Å². The molecule has 110 valence electrons. The van der Waals surface area contributed by atoms with Crippen molar-refractivity contribution in [2.24, 2.45) is 7.05 Å². The average molecular weight is 301 g/mol. The van der Waals surface area contributed by atoms with Gasteiger partial charge in [0.15, 0.2) is 11.0 Å². The van der Waals surface area contributed by atoms with E-state index in [1.807, 2.05) is 11.6 Å². The van der Waals surface area contributed by atoms with Gasteiger partial charge in [-0.2, -0.15) is 5.26 Å². The fourth-order valence-electron chi connectivity index (χ4n) is 2.20. The third-order valence-corrected chi connectivity index (χ3v) is 4.24. The summed E-state index contributed by atoms with van der Waals surface area (Å²) in [6.07, 6.45) is 0. The molecule has 0 amide bonds. The fourth-order valence-corrected chi connectivity index (χ4v) is 2.77. The molecule has 1 aromatic heterocycles. The van der Waals surface area contributed by atoms with Crippen LogP contribution in [0.25, 0.3) is 11.4 Å². The number of anilines is 1. The number of thioether (sulfide) groups is 1. The van der Waals surface area contributed by atoms with Crippen molar-refractivity contribution in [2.45, 2.75) is 19.0 Å². The highest BCUT2D eigenvalue weighted by Gasteiger charge is 2.11. The lowest BCUT2D eigenvalue weighted by molar-refractivity contribution is 0.795. The zero-order chi connectivity index (χ0) is 15.2. The molecule has 0 atom stereocenters. The summed E-state index contributed by atoms with van der Waals surface area (Å²) < 4.78 is 1.93. The van der Waals surface area contributed by atoms with Crippen LogP contribution in [0.4, 0.5) is 5.69 Å². The first-order valence-electron chi connectivity index (χ1n) is 6.95. The summed E-state index contributed by atoms with van der Waals surface area (Å²) in [5, 5.41) is 17.8. The van der Waals surface area contributed by atoms with Crippen molar-refractivity contribution in [3.05, 3.63) is 24.3 Å². The summed E-state index contributed by atoms with van der Waals surface area (Å²) in [5.74, 6) is 1.20. The van der Waals surface area contributed by atoms with E-state index in [0.29, 0.717) is 5.75 Å². The number of benzene rings is 1. The normalized spacial score (nSPS) is 10.4. The predicted molar refractivity (Wildman–Crippen MR) is 86.3 cm³/mol. The molecule has 2 aromatic rings. The van der Waals surface area contributed by atoms with Gasteiger partial charge in [-0.3, -0.25) is 0 Å². The molecular weight excluding hydrogens is 282 g/mol. The van der Waals surface area contributed by atoms with Crippen LogP contribution in [0.1, 0.15) is 13.8 Å². The molecule has 0 saturated carbocycles. The maximum Gasteiger partial charge on any atom is 0.192 e. The molecule has 0 bridgehead atoms. The Bertz CT molecular complexity index is 623. The molecule has 21 heavy (non-hydrogen) atoms. The van der Waals surface area contributed by atoms with Gasteiger partial charge in [-0.1, -0.05) is 11.8 Å². The van der Waals surface area contributed by atoms with Crippen LogP contribution < -0.4 is 4.90 Å². The second-order valence-electron chi connectivity index (χ2n) is 4.53. The fraction of sp³-hybridized carbons (Fsp3) is 0.400. The average Bonchev–Trinajstić information content (AvgIpc) is 2.88. The van der Waals surface area contributed by atoms with Gasteiger partial charge >= 0.3 is 0 Å². The Hall–Kier alpha value is -2.00. The molecule has 2 rings (SSSR count). The van der Waals surface area contributed by atoms with Crippen LogP contribution in [0.3, 0.4) is 0 Å². The first kappa shape index (κ1) is 15.4. The number of nitriles is 1. The molecule has 0 spiro atoms. The van der Waals surface area contributed by atoms with Crippen LogP contribution in [0, 0.1) is 11.3 Å². The standard InChI is InChI=1S/C15H19N5S/c1-4-20(5-2)13-8-6-12(7-9-13)14-17-18-15(19(14)3)21-11-10-16/h6-9H,4-5,11H2,1-3H3. The minimum absolute atomic E-state index is 0.382. The SMILES string of the molecule is CCN(CC)c1ccc(-c2nnc(SCC#N)n2C)cc1. The number of rotatable bonds is 6. The van der Waals surface area contributed by atoms with E-state index in [-0.39, 0.29) is 0 Å². The Morgan fingerprint density at radius 2 is 1.86 bits per heavy atom. The van der Waals surface area contributed by atoms with Gasteiger partial charge in [0.05, 0.1) is 11.8 Å². The Kier molecular flexibility index (Phi) is 5.23. The maximum absolute atomic E-state index is 8.64. The molecule has 5 nitrogen and oxygen atoms in total. The van der Waals surface area contributed by atoms with Crippen LogP contribution in [0.15, 0.2) is 29.4 Å². The van der Waals surface area contributed by atoms with Crippen molar-refractivity contribution in [1.82, 2.24) is 14.8 Å². The van der Waals surface area contributed by atoms with E-state index in [2.05, 4.69) is 59.3 Å². The number of nitrogens with zero attached hydrogens (tertiary/aromatic N) is 5. The van der Waals surface area contributed by atoms with Crippen LogP contribution in [0.5, 0.6) is 0 Å². The Morgan fingerprint density at radius 1 is 1.19 bits per heavy atom. The molecule has 0 N–H and O–H groups in total. The van der Waals surface area contributed by atoms with E-state index >= 15 is 0 Å². The highest BCUT2D eigenvalue weighted by Crippen LogP contribution is 2.24. The Labute approximate surface area is 129 Å². The largest absolute Gasteiger partial charge is 0.372 e. The number of aromatic nitrogens is 3. The summed E-state index contributed by atoms with van der Waals surface area (Å²) >= 11 is 1.40. The monoisotopic (exact) mass is 301 g/mol. The summed E-state index contributed by atoms with van der Waals surface area (Å²) in [5.41, 5.74) is 2.25. The zero-order valence-electron chi connectivity index (χ0n) is 12.6. The summed E-state index contributed by atoms with van der Waals surface area (Å²) in [6, 6.07) is 10.5. The Balaban J connectivity index is 2.23. The molecule has 0 unspecified atom stereocenters. The van der Waals surface area contributed by atoms with E-state index in [4.69, 9.17) is 5.26 Å². The molecule has 1 heterocycles. The van der Waals surface area contributed by atoms with Crippen molar-refractivity contribution < 1.29 is 0 Å². The van der Waals surface area contributed by atoms with Crippen molar-refractivity contribution in [3.63, 3.8) is 0 Å². The highest BCUT2D eigenvalue weighted by molar-refractivity contribution is 7.99. The number of hydrogen-bond acceptors (Lipinski definition) is 5.